The summed E-state index contributed by atoms with van der Waals surface area (Å²) in [6.07, 6.45) is 1.69. The second-order valence-corrected chi connectivity index (χ2v) is 5.03. The van der Waals surface area contributed by atoms with E-state index >= 15 is 0 Å². The zero-order valence-electron chi connectivity index (χ0n) is 10.5. The Morgan fingerprint density at radius 2 is 1.75 bits per heavy atom. The molecule has 0 aliphatic heterocycles. The van der Waals surface area contributed by atoms with E-state index < -0.39 is 0 Å². The molecule has 1 heterocycles. The molecule has 0 fully saturated rings. The molecule has 3 rings (SSSR count). The Morgan fingerprint density at radius 1 is 1.00 bits per heavy atom. The number of benzene rings is 2. The quantitative estimate of drug-likeness (QED) is 0.639. The molecule has 0 N–H and O–H groups in total. The van der Waals surface area contributed by atoms with Crippen LogP contribution in [0.15, 0.2) is 65.0 Å². The Balaban J connectivity index is 1.79. The van der Waals surface area contributed by atoms with Crippen LogP contribution in [-0.4, -0.2) is 11.2 Å². The van der Waals surface area contributed by atoms with Crippen LogP contribution in [0, 0.1) is 5.82 Å². The summed E-state index contributed by atoms with van der Waals surface area (Å²) in [5.74, 6) is -0.247. The summed E-state index contributed by atoms with van der Waals surface area (Å²) in [6, 6.07) is 16.2. The minimum atomic E-state index is -0.247. The average molecular weight is 282 g/mol. The summed E-state index contributed by atoms with van der Waals surface area (Å²) in [5.41, 5.74) is 2.84. The molecule has 3 aromatic rings. The van der Waals surface area contributed by atoms with E-state index in [1.807, 2.05) is 35.7 Å². The molecular formula is C16H11FN2S. The van der Waals surface area contributed by atoms with Gasteiger partial charge in [0.1, 0.15) is 5.82 Å². The normalized spacial score (nSPS) is 11.1. The van der Waals surface area contributed by atoms with E-state index in [-0.39, 0.29) is 5.82 Å². The molecule has 0 saturated carbocycles. The third-order valence-electron chi connectivity index (χ3n) is 2.76. The first-order chi connectivity index (χ1) is 9.81. The molecule has 4 heteroatoms. The molecule has 0 radical (unpaired) electrons. The molecule has 1 aromatic heterocycles. The van der Waals surface area contributed by atoms with Gasteiger partial charge in [-0.25, -0.2) is 14.4 Å². The summed E-state index contributed by atoms with van der Waals surface area (Å²) in [4.78, 5) is 8.77. The highest BCUT2D eigenvalue weighted by atomic mass is 32.1. The molecule has 0 aliphatic carbocycles. The number of aromatic nitrogens is 1. The lowest BCUT2D eigenvalue weighted by molar-refractivity contribution is 0.628. The number of aliphatic imine (C=N–C) groups is 1. The van der Waals surface area contributed by atoms with Crippen molar-refractivity contribution in [2.24, 2.45) is 4.99 Å². The van der Waals surface area contributed by atoms with Crippen LogP contribution in [0.25, 0.3) is 11.3 Å². The van der Waals surface area contributed by atoms with Crippen LogP contribution in [-0.2, 0) is 0 Å². The number of thiazole rings is 1. The van der Waals surface area contributed by atoms with Gasteiger partial charge in [0.25, 0.3) is 0 Å². The highest BCUT2D eigenvalue weighted by Gasteiger charge is 2.02. The summed E-state index contributed by atoms with van der Waals surface area (Å²) in [5, 5.41) is 2.67. The molecule has 0 saturated heterocycles. The van der Waals surface area contributed by atoms with Crippen LogP contribution in [0.2, 0.25) is 0 Å². The number of hydrogen-bond donors (Lipinski definition) is 0. The van der Waals surface area contributed by atoms with Crippen molar-refractivity contribution >= 4 is 22.7 Å². The minimum absolute atomic E-state index is 0.247. The number of nitrogens with zero attached hydrogens (tertiary/aromatic N) is 2. The second kappa shape index (κ2) is 5.75. The SMILES string of the molecule is Fc1ccc(/C=N/c2nc(-c3ccccc3)cs2)cc1. The van der Waals surface area contributed by atoms with E-state index in [2.05, 4.69) is 9.98 Å². The van der Waals surface area contributed by atoms with Gasteiger partial charge < -0.3 is 0 Å². The van der Waals surface area contributed by atoms with Crippen LogP contribution in [0.4, 0.5) is 9.52 Å². The predicted molar refractivity (Wildman–Crippen MR) is 81.2 cm³/mol. The molecule has 0 spiro atoms. The van der Waals surface area contributed by atoms with Crippen molar-refractivity contribution in [3.05, 3.63) is 71.4 Å². The van der Waals surface area contributed by atoms with Gasteiger partial charge >= 0.3 is 0 Å². The molecule has 0 aliphatic rings. The van der Waals surface area contributed by atoms with Crippen molar-refractivity contribution in [1.29, 1.82) is 0 Å². The molecule has 2 aromatic carbocycles. The van der Waals surface area contributed by atoms with E-state index in [0.717, 1.165) is 16.8 Å². The van der Waals surface area contributed by atoms with Gasteiger partial charge in [-0.1, -0.05) is 42.5 Å². The Morgan fingerprint density at radius 3 is 2.50 bits per heavy atom. The maximum atomic E-state index is 12.8. The summed E-state index contributed by atoms with van der Waals surface area (Å²) in [6.45, 7) is 0. The summed E-state index contributed by atoms with van der Waals surface area (Å²) >= 11 is 1.48. The van der Waals surface area contributed by atoms with Gasteiger partial charge in [-0.05, 0) is 17.7 Å². The molecule has 98 valence electrons. The largest absolute Gasteiger partial charge is 0.227 e. The Bertz CT molecular complexity index is 718. The van der Waals surface area contributed by atoms with Crippen molar-refractivity contribution in [1.82, 2.24) is 4.98 Å². The molecule has 0 bridgehead atoms. The van der Waals surface area contributed by atoms with E-state index in [0.29, 0.717) is 5.13 Å². The maximum Gasteiger partial charge on any atom is 0.209 e. The van der Waals surface area contributed by atoms with Gasteiger partial charge in [-0.3, -0.25) is 0 Å². The van der Waals surface area contributed by atoms with Crippen LogP contribution >= 0.6 is 11.3 Å². The number of hydrogen-bond acceptors (Lipinski definition) is 3. The third-order valence-corrected chi connectivity index (χ3v) is 3.50. The van der Waals surface area contributed by atoms with Crippen LogP contribution in [0.3, 0.4) is 0 Å². The van der Waals surface area contributed by atoms with Gasteiger partial charge in [-0.2, -0.15) is 0 Å². The first-order valence-electron chi connectivity index (χ1n) is 6.12. The van der Waals surface area contributed by atoms with Crippen LogP contribution in [0.1, 0.15) is 5.56 Å². The molecule has 0 amide bonds. The van der Waals surface area contributed by atoms with E-state index in [1.54, 1.807) is 18.3 Å². The van der Waals surface area contributed by atoms with Crippen molar-refractivity contribution in [2.45, 2.75) is 0 Å². The first kappa shape index (κ1) is 12.7. The van der Waals surface area contributed by atoms with E-state index in [4.69, 9.17) is 0 Å². The smallest absolute Gasteiger partial charge is 0.209 e. The zero-order valence-corrected chi connectivity index (χ0v) is 11.3. The third kappa shape index (κ3) is 2.97. The lowest BCUT2D eigenvalue weighted by atomic mass is 10.2. The second-order valence-electron chi connectivity index (χ2n) is 4.19. The lowest BCUT2D eigenvalue weighted by Crippen LogP contribution is -1.81. The maximum absolute atomic E-state index is 12.8. The average Bonchev–Trinajstić information content (AvgIpc) is 2.97. The van der Waals surface area contributed by atoms with Crippen LogP contribution < -0.4 is 0 Å². The predicted octanol–water partition coefficient (Wildman–Crippen LogP) is 4.70. The van der Waals surface area contributed by atoms with Gasteiger partial charge in [0.05, 0.1) is 5.69 Å². The molecular weight excluding hydrogens is 271 g/mol. The number of halogens is 1. The highest BCUT2D eigenvalue weighted by Crippen LogP contribution is 2.26. The van der Waals surface area contributed by atoms with Crippen molar-refractivity contribution in [3.63, 3.8) is 0 Å². The first-order valence-corrected chi connectivity index (χ1v) is 7.00. The summed E-state index contributed by atoms with van der Waals surface area (Å²) in [7, 11) is 0. The fourth-order valence-electron chi connectivity index (χ4n) is 1.74. The Labute approximate surface area is 120 Å². The van der Waals surface area contributed by atoms with Crippen molar-refractivity contribution in [3.8, 4) is 11.3 Å². The van der Waals surface area contributed by atoms with Gasteiger partial charge in [0, 0.05) is 17.2 Å². The topological polar surface area (TPSA) is 25.2 Å². The molecule has 0 atom stereocenters. The van der Waals surface area contributed by atoms with Crippen LogP contribution in [0.5, 0.6) is 0 Å². The fourth-order valence-corrected chi connectivity index (χ4v) is 2.41. The lowest BCUT2D eigenvalue weighted by Gasteiger charge is -1.93. The molecule has 0 unspecified atom stereocenters. The van der Waals surface area contributed by atoms with Crippen molar-refractivity contribution < 1.29 is 4.39 Å². The Hall–Kier alpha value is -2.33. The molecule has 20 heavy (non-hydrogen) atoms. The van der Waals surface area contributed by atoms with Gasteiger partial charge in [0.15, 0.2) is 0 Å². The van der Waals surface area contributed by atoms with E-state index in [9.17, 15) is 4.39 Å². The minimum Gasteiger partial charge on any atom is -0.227 e. The fraction of sp³-hybridized carbons (Fsp3) is 0. The monoisotopic (exact) mass is 282 g/mol. The van der Waals surface area contributed by atoms with E-state index in [1.165, 1.54) is 23.5 Å². The van der Waals surface area contributed by atoms with Gasteiger partial charge in [0.2, 0.25) is 5.13 Å². The zero-order chi connectivity index (χ0) is 13.8. The van der Waals surface area contributed by atoms with Gasteiger partial charge in [-0.15, -0.1) is 11.3 Å². The number of rotatable bonds is 3. The Kier molecular flexibility index (Phi) is 3.65. The standard InChI is InChI=1S/C16H11FN2S/c17-14-8-6-12(7-9-14)10-18-16-19-15(11-20-16)13-4-2-1-3-5-13/h1-11H/b18-10+. The van der Waals surface area contributed by atoms with Crippen molar-refractivity contribution in [2.75, 3.05) is 0 Å². The summed E-state index contributed by atoms with van der Waals surface area (Å²) < 4.78 is 12.8. The molecule has 2 nitrogen and oxygen atoms in total. The highest BCUT2D eigenvalue weighted by molar-refractivity contribution is 7.13.